The molecule has 0 fully saturated rings. The number of nitrogen functional groups attached to an aromatic ring is 1. The highest BCUT2D eigenvalue weighted by molar-refractivity contribution is 7.09. The average molecular weight is 234 g/mol. The smallest absolute Gasteiger partial charge is 0.126 e. The van der Waals surface area contributed by atoms with Gasteiger partial charge < -0.3 is 11.1 Å². The quantitative estimate of drug-likeness (QED) is 0.856. The molecule has 0 saturated heterocycles. The van der Waals surface area contributed by atoms with Crippen molar-refractivity contribution in [3.63, 3.8) is 0 Å². The van der Waals surface area contributed by atoms with Crippen molar-refractivity contribution in [2.75, 3.05) is 11.1 Å². The molecule has 16 heavy (non-hydrogen) atoms. The van der Waals surface area contributed by atoms with Crippen LogP contribution in [0.1, 0.15) is 23.7 Å². The molecule has 84 valence electrons. The molecule has 0 aliphatic rings. The molecule has 3 N–H and O–H groups in total. The second-order valence-corrected chi connectivity index (χ2v) is 4.56. The molecule has 1 unspecified atom stereocenters. The van der Waals surface area contributed by atoms with Crippen molar-refractivity contribution in [3.05, 3.63) is 34.4 Å². The normalized spacial score (nSPS) is 12.4. The van der Waals surface area contributed by atoms with E-state index in [0.29, 0.717) is 5.69 Å². The molecule has 0 aliphatic carbocycles. The van der Waals surface area contributed by atoms with Gasteiger partial charge in [-0.3, -0.25) is 0 Å². The van der Waals surface area contributed by atoms with Crippen LogP contribution in [0.4, 0.5) is 11.5 Å². The van der Waals surface area contributed by atoms with E-state index in [-0.39, 0.29) is 6.04 Å². The Balaban J connectivity index is 2.07. The Labute approximate surface area is 98.6 Å². The topological polar surface area (TPSA) is 63.8 Å². The number of rotatable bonds is 3. The van der Waals surface area contributed by atoms with Gasteiger partial charge in [-0.05, 0) is 26.0 Å². The number of hydrogen-bond donors (Lipinski definition) is 2. The molecular weight excluding hydrogens is 220 g/mol. The number of pyridine rings is 1. The molecule has 2 rings (SSSR count). The van der Waals surface area contributed by atoms with Crippen molar-refractivity contribution >= 4 is 22.8 Å². The van der Waals surface area contributed by atoms with Gasteiger partial charge in [0.25, 0.3) is 0 Å². The lowest BCUT2D eigenvalue weighted by atomic mass is 10.3. The van der Waals surface area contributed by atoms with Crippen LogP contribution in [0.5, 0.6) is 0 Å². The first-order valence-electron chi connectivity index (χ1n) is 5.05. The minimum atomic E-state index is 0.162. The van der Waals surface area contributed by atoms with Crippen LogP contribution in [-0.4, -0.2) is 9.97 Å². The summed E-state index contributed by atoms with van der Waals surface area (Å²) in [6.07, 6.45) is 1.64. The number of hydrogen-bond acceptors (Lipinski definition) is 5. The average Bonchev–Trinajstić information content (AvgIpc) is 2.68. The van der Waals surface area contributed by atoms with E-state index < -0.39 is 0 Å². The number of nitrogens with two attached hydrogens (primary N) is 1. The third kappa shape index (κ3) is 2.49. The van der Waals surface area contributed by atoms with Gasteiger partial charge in [0.1, 0.15) is 10.8 Å². The van der Waals surface area contributed by atoms with Crippen molar-refractivity contribution in [1.29, 1.82) is 0 Å². The first kappa shape index (κ1) is 10.9. The fraction of sp³-hybridized carbons (Fsp3) is 0.273. The van der Waals surface area contributed by atoms with E-state index in [4.69, 9.17) is 5.73 Å². The van der Waals surface area contributed by atoms with Gasteiger partial charge in [-0.2, -0.15) is 0 Å². The molecule has 0 amide bonds. The number of aryl methyl sites for hydroxylation is 1. The standard InChI is InChI=1S/C11H14N4S/c1-7-6-16-11(14-7)8(2)15-10-4-3-9(12)5-13-10/h3-6,8H,12H2,1-2H3,(H,13,15). The lowest BCUT2D eigenvalue weighted by Gasteiger charge is -2.11. The highest BCUT2D eigenvalue weighted by atomic mass is 32.1. The Bertz CT molecular complexity index is 463. The van der Waals surface area contributed by atoms with Gasteiger partial charge in [0.2, 0.25) is 0 Å². The van der Waals surface area contributed by atoms with Crippen LogP contribution in [0.2, 0.25) is 0 Å². The van der Waals surface area contributed by atoms with Crippen LogP contribution >= 0.6 is 11.3 Å². The number of thiazole rings is 1. The largest absolute Gasteiger partial charge is 0.397 e. The minimum absolute atomic E-state index is 0.162. The third-order valence-electron chi connectivity index (χ3n) is 2.16. The van der Waals surface area contributed by atoms with Gasteiger partial charge in [0, 0.05) is 11.1 Å². The van der Waals surface area contributed by atoms with Crippen molar-refractivity contribution in [2.24, 2.45) is 0 Å². The summed E-state index contributed by atoms with van der Waals surface area (Å²) in [5.74, 6) is 0.814. The van der Waals surface area contributed by atoms with Crippen molar-refractivity contribution in [2.45, 2.75) is 19.9 Å². The summed E-state index contributed by atoms with van der Waals surface area (Å²) < 4.78 is 0. The van der Waals surface area contributed by atoms with Crippen molar-refractivity contribution in [3.8, 4) is 0 Å². The van der Waals surface area contributed by atoms with Crippen LogP contribution in [-0.2, 0) is 0 Å². The SMILES string of the molecule is Cc1csc(C(C)Nc2ccc(N)cn2)n1. The lowest BCUT2D eigenvalue weighted by molar-refractivity contribution is 0.855. The Hall–Kier alpha value is -1.62. The van der Waals surface area contributed by atoms with Gasteiger partial charge >= 0.3 is 0 Å². The number of anilines is 2. The first-order chi connectivity index (χ1) is 7.65. The predicted octanol–water partition coefficient (Wildman–Crippen LogP) is 2.60. The van der Waals surface area contributed by atoms with Gasteiger partial charge in [0.15, 0.2) is 0 Å². The molecule has 0 aliphatic heterocycles. The number of nitrogens with zero attached hydrogens (tertiary/aromatic N) is 2. The maximum atomic E-state index is 5.57. The molecule has 5 heteroatoms. The Morgan fingerprint density at radius 1 is 1.44 bits per heavy atom. The van der Waals surface area contributed by atoms with Crippen LogP contribution < -0.4 is 11.1 Å². The van der Waals surface area contributed by atoms with Crippen molar-refractivity contribution < 1.29 is 0 Å². The molecule has 0 bridgehead atoms. The zero-order valence-electron chi connectivity index (χ0n) is 9.27. The van der Waals surface area contributed by atoms with E-state index in [1.807, 2.05) is 24.4 Å². The van der Waals surface area contributed by atoms with Crippen LogP contribution in [0.3, 0.4) is 0 Å². The summed E-state index contributed by atoms with van der Waals surface area (Å²) in [4.78, 5) is 8.62. The van der Waals surface area contributed by atoms with Crippen LogP contribution in [0, 0.1) is 6.92 Å². The predicted molar refractivity (Wildman–Crippen MR) is 67.5 cm³/mol. The van der Waals surface area contributed by atoms with E-state index in [0.717, 1.165) is 16.5 Å². The number of aromatic nitrogens is 2. The molecule has 2 heterocycles. The zero-order chi connectivity index (χ0) is 11.5. The highest BCUT2D eigenvalue weighted by Gasteiger charge is 2.09. The molecule has 0 radical (unpaired) electrons. The Morgan fingerprint density at radius 3 is 2.81 bits per heavy atom. The van der Waals surface area contributed by atoms with Crippen molar-refractivity contribution in [1.82, 2.24) is 9.97 Å². The molecule has 2 aromatic rings. The summed E-state index contributed by atoms with van der Waals surface area (Å²) >= 11 is 1.65. The fourth-order valence-corrected chi connectivity index (χ4v) is 2.15. The monoisotopic (exact) mass is 234 g/mol. The molecule has 1 atom stereocenters. The molecule has 4 nitrogen and oxygen atoms in total. The summed E-state index contributed by atoms with van der Waals surface area (Å²) in [6, 6.07) is 3.86. The van der Waals surface area contributed by atoms with Crippen LogP contribution in [0.25, 0.3) is 0 Å². The molecular formula is C11H14N4S. The highest BCUT2D eigenvalue weighted by Crippen LogP contribution is 2.21. The zero-order valence-corrected chi connectivity index (χ0v) is 10.1. The second kappa shape index (κ2) is 4.49. The maximum Gasteiger partial charge on any atom is 0.126 e. The Morgan fingerprint density at radius 2 is 2.25 bits per heavy atom. The lowest BCUT2D eigenvalue weighted by Crippen LogP contribution is -2.07. The van der Waals surface area contributed by atoms with E-state index in [1.54, 1.807) is 17.5 Å². The van der Waals surface area contributed by atoms with Gasteiger partial charge in [-0.1, -0.05) is 0 Å². The third-order valence-corrected chi connectivity index (χ3v) is 3.30. The van der Waals surface area contributed by atoms with Gasteiger partial charge in [-0.15, -0.1) is 11.3 Å². The first-order valence-corrected chi connectivity index (χ1v) is 5.93. The molecule has 0 saturated carbocycles. The summed E-state index contributed by atoms with van der Waals surface area (Å²) in [6.45, 7) is 4.06. The van der Waals surface area contributed by atoms with E-state index in [9.17, 15) is 0 Å². The summed E-state index contributed by atoms with van der Waals surface area (Å²) in [5.41, 5.74) is 7.30. The van der Waals surface area contributed by atoms with Crippen LogP contribution in [0.15, 0.2) is 23.7 Å². The molecule has 0 aromatic carbocycles. The minimum Gasteiger partial charge on any atom is -0.397 e. The van der Waals surface area contributed by atoms with Gasteiger partial charge in [0.05, 0.1) is 17.9 Å². The van der Waals surface area contributed by atoms with E-state index in [1.165, 1.54) is 0 Å². The fourth-order valence-electron chi connectivity index (χ4n) is 1.35. The molecule has 2 aromatic heterocycles. The Kier molecular flexibility index (Phi) is 3.05. The second-order valence-electron chi connectivity index (χ2n) is 3.67. The van der Waals surface area contributed by atoms with E-state index in [2.05, 4.69) is 22.2 Å². The summed E-state index contributed by atoms with van der Waals surface area (Å²) in [5, 5.41) is 6.39. The molecule has 0 spiro atoms. The van der Waals surface area contributed by atoms with Gasteiger partial charge in [-0.25, -0.2) is 9.97 Å². The number of nitrogens with one attached hydrogen (secondary N) is 1. The summed E-state index contributed by atoms with van der Waals surface area (Å²) in [7, 11) is 0. The van der Waals surface area contributed by atoms with E-state index >= 15 is 0 Å². The maximum absolute atomic E-state index is 5.57.